The van der Waals surface area contributed by atoms with Crippen LogP contribution in [0.15, 0.2) is 29.8 Å². The Labute approximate surface area is 107 Å². The monoisotopic (exact) mass is 246 g/mol. The summed E-state index contributed by atoms with van der Waals surface area (Å²) in [7, 11) is 1.69. The van der Waals surface area contributed by atoms with Gasteiger partial charge >= 0.3 is 5.97 Å². The van der Waals surface area contributed by atoms with E-state index in [9.17, 15) is 4.79 Å². The third-order valence-electron chi connectivity index (χ3n) is 3.17. The van der Waals surface area contributed by atoms with Gasteiger partial charge in [0.05, 0.1) is 13.7 Å². The number of ether oxygens (including phenoxy) is 2. The van der Waals surface area contributed by atoms with Crippen LogP contribution in [0.25, 0.3) is 0 Å². The molecule has 0 aliphatic heterocycles. The van der Waals surface area contributed by atoms with Crippen LogP contribution in [0.2, 0.25) is 0 Å². The molecule has 0 fully saturated rings. The highest BCUT2D eigenvalue weighted by Gasteiger charge is 2.17. The summed E-state index contributed by atoms with van der Waals surface area (Å²) in [5, 5.41) is 0. The van der Waals surface area contributed by atoms with Gasteiger partial charge in [0.2, 0.25) is 0 Å². The number of benzene rings is 1. The average molecular weight is 246 g/mol. The van der Waals surface area contributed by atoms with Crippen molar-refractivity contribution >= 4 is 5.97 Å². The SMILES string of the molecule is CCOC(=O)/C=C1\CCc2c(cccc2OC)C1. The molecule has 0 radical (unpaired) electrons. The summed E-state index contributed by atoms with van der Waals surface area (Å²) < 4.78 is 10.3. The lowest BCUT2D eigenvalue weighted by atomic mass is 9.87. The van der Waals surface area contributed by atoms with Gasteiger partial charge < -0.3 is 9.47 Å². The minimum Gasteiger partial charge on any atom is -0.496 e. The number of allylic oxidation sites excluding steroid dienone is 1. The van der Waals surface area contributed by atoms with Crippen LogP contribution in [0.1, 0.15) is 24.5 Å². The Hall–Kier alpha value is -1.77. The van der Waals surface area contributed by atoms with Crippen LogP contribution in [-0.4, -0.2) is 19.7 Å². The van der Waals surface area contributed by atoms with Gasteiger partial charge in [0.1, 0.15) is 5.75 Å². The highest BCUT2D eigenvalue weighted by atomic mass is 16.5. The Bertz CT molecular complexity index is 475. The lowest BCUT2D eigenvalue weighted by molar-refractivity contribution is -0.137. The van der Waals surface area contributed by atoms with Gasteiger partial charge in [-0.05, 0) is 43.4 Å². The van der Waals surface area contributed by atoms with E-state index in [2.05, 4.69) is 6.07 Å². The molecule has 3 heteroatoms. The van der Waals surface area contributed by atoms with Crippen LogP contribution in [0, 0.1) is 0 Å². The second-order valence-electron chi connectivity index (χ2n) is 4.33. The molecular formula is C15H18O3. The molecule has 1 aliphatic rings. The van der Waals surface area contributed by atoms with Crippen LogP contribution >= 0.6 is 0 Å². The molecular weight excluding hydrogens is 228 g/mol. The topological polar surface area (TPSA) is 35.5 Å². The molecule has 3 nitrogen and oxygen atoms in total. The molecule has 96 valence electrons. The molecule has 0 spiro atoms. The van der Waals surface area contributed by atoms with Gasteiger partial charge in [-0.25, -0.2) is 4.79 Å². The summed E-state index contributed by atoms with van der Waals surface area (Å²) >= 11 is 0. The fraction of sp³-hybridized carbons (Fsp3) is 0.400. The van der Waals surface area contributed by atoms with Gasteiger partial charge in [0.25, 0.3) is 0 Å². The Balaban J connectivity index is 2.18. The van der Waals surface area contributed by atoms with Gasteiger partial charge in [-0.3, -0.25) is 0 Å². The summed E-state index contributed by atoms with van der Waals surface area (Å²) in [6.45, 7) is 2.24. The van der Waals surface area contributed by atoms with Crippen molar-refractivity contribution in [3.63, 3.8) is 0 Å². The number of rotatable bonds is 3. The van der Waals surface area contributed by atoms with E-state index in [0.717, 1.165) is 30.6 Å². The third-order valence-corrected chi connectivity index (χ3v) is 3.17. The quantitative estimate of drug-likeness (QED) is 0.607. The maximum absolute atomic E-state index is 11.4. The van der Waals surface area contributed by atoms with E-state index in [0.29, 0.717) is 6.61 Å². The average Bonchev–Trinajstić information content (AvgIpc) is 2.38. The van der Waals surface area contributed by atoms with Gasteiger partial charge in [-0.15, -0.1) is 0 Å². The first-order valence-electron chi connectivity index (χ1n) is 6.25. The number of esters is 1. The van der Waals surface area contributed by atoms with Gasteiger partial charge in [0.15, 0.2) is 0 Å². The molecule has 0 unspecified atom stereocenters. The standard InChI is InChI=1S/C15H18O3/c1-3-18-15(16)10-11-7-8-13-12(9-11)5-4-6-14(13)17-2/h4-6,10H,3,7-9H2,1-2H3/b11-10+. The number of hydrogen-bond acceptors (Lipinski definition) is 3. The van der Waals surface area contributed by atoms with Crippen molar-refractivity contribution in [1.82, 2.24) is 0 Å². The van der Waals surface area contributed by atoms with Crippen LogP contribution < -0.4 is 4.74 Å². The lowest BCUT2D eigenvalue weighted by Crippen LogP contribution is -2.10. The molecule has 0 saturated carbocycles. The van der Waals surface area contributed by atoms with Gasteiger partial charge in [-0.2, -0.15) is 0 Å². The fourth-order valence-electron chi connectivity index (χ4n) is 2.34. The molecule has 0 bridgehead atoms. The van der Waals surface area contributed by atoms with Crippen LogP contribution in [0.5, 0.6) is 5.75 Å². The van der Waals surface area contributed by atoms with E-state index in [1.807, 2.05) is 19.1 Å². The van der Waals surface area contributed by atoms with Crippen molar-refractivity contribution in [2.75, 3.05) is 13.7 Å². The largest absolute Gasteiger partial charge is 0.496 e. The minimum atomic E-state index is -0.237. The number of fused-ring (bicyclic) bond motifs is 1. The van der Waals surface area contributed by atoms with Crippen molar-refractivity contribution in [2.24, 2.45) is 0 Å². The lowest BCUT2D eigenvalue weighted by Gasteiger charge is -2.20. The van der Waals surface area contributed by atoms with Gasteiger partial charge in [0, 0.05) is 6.08 Å². The predicted molar refractivity (Wildman–Crippen MR) is 69.7 cm³/mol. The zero-order valence-corrected chi connectivity index (χ0v) is 10.9. The molecule has 2 rings (SSSR count). The fourth-order valence-corrected chi connectivity index (χ4v) is 2.34. The van der Waals surface area contributed by atoms with E-state index >= 15 is 0 Å². The van der Waals surface area contributed by atoms with Crippen molar-refractivity contribution in [2.45, 2.75) is 26.2 Å². The zero-order valence-electron chi connectivity index (χ0n) is 10.9. The van der Waals surface area contributed by atoms with Crippen LogP contribution in [-0.2, 0) is 22.4 Å². The normalized spacial score (nSPS) is 16.2. The Kier molecular flexibility index (Phi) is 4.03. The first-order chi connectivity index (χ1) is 8.74. The zero-order chi connectivity index (χ0) is 13.0. The second-order valence-corrected chi connectivity index (χ2v) is 4.33. The van der Waals surface area contributed by atoms with E-state index in [-0.39, 0.29) is 5.97 Å². The van der Waals surface area contributed by atoms with Gasteiger partial charge in [-0.1, -0.05) is 17.7 Å². The molecule has 1 aliphatic carbocycles. The first kappa shape index (κ1) is 12.7. The highest BCUT2D eigenvalue weighted by Crippen LogP contribution is 2.31. The summed E-state index contributed by atoms with van der Waals surface area (Å²) in [6.07, 6.45) is 4.26. The van der Waals surface area contributed by atoms with E-state index < -0.39 is 0 Å². The van der Waals surface area contributed by atoms with E-state index in [1.165, 1.54) is 11.1 Å². The highest BCUT2D eigenvalue weighted by molar-refractivity contribution is 5.83. The molecule has 1 aromatic rings. The summed E-state index contributed by atoms with van der Waals surface area (Å²) in [5.74, 6) is 0.710. The maximum atomic E-state index is 11.4. The summed E-state index contributed by atoms with van der Waals surface area (Å²) in [5.41, 5.74) is 3.64. The minimum absolute atomic E-state index is 0.237. The Morgan fingerprint density at radius 1 is 1.39 bits per heavy atom. The van der Waals surface area contributed by atoms with E-state index in [1.54, 1.807) is 13.2 Å². The van der Waals surface area contributed by atoms with Crippen molar-refractivity contribution in [1.29, 1.82) is 0 Å². The molecule has 0 N–H and O–H groups in total. The molecule has 0 saturated heterocycles. The molecule has 18 heavy (non-hydrogen) atoms. The van der Waals surface area contributed by atoms with Crippen molar-refractivity contribution in [3.05, 3.63) is 41.0 Å². The number of carbonyl (C=O) groups is 1. The smallest absolute Gasteiger partial charge is 0.330 e. The molecule has 1 aromatic carbocycles. The molecule has 0 heterocycles. The summed E-state index contributed by atoms with van der Waals surface area (Å²) in [4.78, 5) is 11.4. The van der Waals surface area contributed by atoms with E-state index in [4.69, 9.17) is 9.47 Å². The van der Waals surface area contributed by atoms with Crippen LogP contribution in [0.3, 0.4) is 0 Å². The number of carbonyl (C=O) groups excluding carboxylic acids is 1. The number of hydrogen-bond donors (Lipinski definition) is 0. The molecule has 0 aromatic heterocycles. The molecule has 0 amide bonds. The number of methoxy groups -OCH3 is 1. The maximum Gasteiger partial charge on any atom is 0.330 e. The third kappa shape index (κ3) is 2.73. The van der Waals surface area contributed by atoms with Crippen molar-refractivity contribution in [3.8, 4) is 5.75 Å². The Morgan fingerprint density at radius 3 is 2.94 bits per heavy atom. The van der Waals surface area contributed by atoms with Crippen LogP contribution in [0.4, 0.5) is 0 Å². The molecule has 0 atom stereocenters. The van der Waals surface area contributed by atoms with Crippen molar-refractivity contribution < 1.29 is 14.3 Å². The summed E-state index contributed by atoms with van der Waals surface area (Å²) in [6, 6.07) is 6.07. The second kappa shape index (κ2) is 5.71. The first-order valence-corrected chi connectivity index (χ1v) is 6.25. The Morgan fingerprint density at radius 2 is 2.22 bits per heavy atom. The predicted octanol–water partition coefficient (Wildman–Crippen LogP) is 2.67.